The van der Waals surface area contributed by atoms with Gasteiger partial charge in [-0.2, -0.15) is 0 Å². The largest absolute Gasteiger partial charge is 0.395 e. The van der Waals surface area contributed by atoms with Crippen molar-refractivity contribution in [2.24, 2.45) is 0 Å². The third-order valence-corrected chi connectivity index (χ3v) is 4.20. The van der Waals surface area contributed by atoms with Crippen molar-refractivity contribution in [3.05, 3.63) is 0 Å². The number of aliphatic hydroxyl groups is 2. The second kappa shape index (κ2) is 4.57. The van der Waals surface area contributed by atoms with Crippen molar-refractivity contribution < 1.29 is 18.6 Å². The standard InChI is InChI=1S/C8H17NO4S/c1-7(11)8(6-10)9-2-4-14(12,13)5-3-9/h7-8,10-11H,2-6H2,1H3/t7-,8-/m1/s1. The molecule has 5 nitrogen and oxygen atoms in total. The van der Waals surface area contributed by atoms with E-state index in [1.54, 1.807) is 6.92 Å². The number of hydrogen-bond donors (Lipinski definition) is 2. The first-order chi connectivity index (χ1) is 6.46. The van der Waals surface area contributed by atoms with Crippen molar-refractivity contribution in [3.63, 3.8) is 0 Å². The molecule has 1 fully saturated rings. The average Bonchev–Trinajstić information content (AvgIpc) is 2.08. The normalized spacial score (nSPS) is 27.1. The molecule has 14 heavy (non-hydrogen) atoms. The molecule has 0 spiro atoms. The van der Waals surface area contributed by atoms with E-state index in [9.17, 15) is 13.5 Å². The van der Waals surface area contributed by atoms with Crippen LogP contribution in [0.5, 0.6) is 0 Å². The van der Waals surface area contributed by atoms with Crippen molar-refractivity contribution in [2.75, 3.05) is 31.2 Å². The molecule has 0 aromatic carbocycles. The van der Waals surface area contributed by atoms with Gasteiger partial charge in [0.05, 0.1) is 30.3 Å². The highest BCUT2D eigenvalue weighted by Gasteiger charge is 2.28. The van der Waals surface area contributed by atoms with Gasteiger partial charge in [-0.1, -0.05) is 0 Å². The number of rotatable bonds is 3. The van der Waals surface area contributed by atoms with Crippen molar-refractivity contribution in [1.82, 2.24) is 4.90 Å². The minimum Gasteiger partial charge on any atom is -0.395 e. The summed E-state index contributed by atoms with van der Waals surface area (Å²) in [5, 5.41) is 18.4. The van der Waals surface area contributed by atoms with Gasteiger partial charge in [-0.15, -0.1) is 0 Å². The molecular weight excluding hydrogens is 206 g/mol. The zero-order chi connectivity index (χ0) is 10.8. The molecule has 6 heteroatoms. The highest BCUT2D eigenvalue weighted by atomic mass is 32.2. The Labute approximate surface area is 84.3 Å². The predicted octanol–water partition coefficient (Wildman–Crippen LogP) is -1.54. The zero-order valence-corrected chi connectivity index (χ0v) is 9.07. The molecular formula is C8H17NO4S. The van der Waals surface area contributed by atoms with Crippen LogP contribution < -0.4 is 0 Å². The Bertz CT molecular complexity index is 261. The molecule has 0 saturated carbocycles. The van der Waals surface area contributed by atoms with Gasteiger partial charge in [0.25, 0.3) is 0 Å². The fraction of sp³-hybridized carbons (Fsp3) is 1.00. The molecule has 0 aromatic rings. The van der Waals surface area contributed by atoms with Gasteiger partial charge in [0.2, 0.25) is 0 Å². The summed E-state index contributed by atoms with van der Waals surface area (Å²) >= 11 is 0. The van der Waals surface area contributed by atoms with Gasteiger partial charge in [0.1, 0.15) is 0 Å². The minimum absolute atomic E-state index is 0.121. The maximum absolute atomic E-state index is 11.1. The Hall–Kier alpha value is -0.170. The first-order valence-electron chi connectivity index (χ1n) is 4.69. The van der Waals surface area contributed by atoms with E-state index in [1.165, 1.54) is 0 Å². The maximum atomic E-state index is 11.1. The summed E-state index contributed by atoms with van der Waals surface area (Å²) in [6.07, 6.45) is -0.638. The Morgan fingerprint density at radius 1 is 1.36 bits per heavy atom. The molecule has 2 atom stereocenters. The van der Waals surface area contributed by atoms with E-state index in [-0.39, 0.29) is 24.2 Å². The molecule has 1 aliphatic rings. The first-order valence-corrected chi connectivity index (χ1v) is 6.52. The summed E-state index contributed by atoms with van der Waals surface area (Å²) in [6.45, 7) is 2.26. The number of sulfone groups is 1. The van der Waals surface area contributed by atoms with Crippen LogP contribution in [0.2, 0.25) is 0 Å². The van der Waals surface area contributed by atoms with Crippen LogP contribution >= 0.6 is 0 Å². The van der Waals surface area contributed by atoms with Crippen molar-refractivity contribution in [1.29, 1.82) is 0 Å². The van der Waals surface area contributed by atoms with Crippen LogP contribution in [-0.4, -0.2) is 66.9 Å². The molecule has 0 radical (unpaired) electrons. The van der Waals surface area contributed by atoms with Gasteiger partial charge < -0.3 is 10.2 Å². The SMILES string of the molecule is C[C@@H](O)[C@@H](CO)N1CCS(=O)(=O)CC1. The van der Waals surface area contributed by atoms with Crippen molar-refractivity contribution in [3.8, 4) is 0 Å². The summed E-state index contributed by atoms with van der Waals surface area (Å²) in [5.74, 6) is 0.242. The maximum Gasteiger partial charge on any atom is 0.152 e. The van der Waals surface area contributed by atoms with Gasteiger partial charge in [0.15, 0.2) is 9.84 Å². The van der Waals surface area contributed by atoms with Crippen LogP contribution in [0, 0.1) is 0 Å². The van der Waals surface area contributed by atoms with Crippen LogP contribution in [0.25, 0.3) is 0 Å². The average molecular weight is 223 g/mol. The van der Waals surface area contributed by atoms with Gasteiger partial charge in [0, 0.05) is 13.1 Å². The number of hydrogen-bond acceptors (Lipinski definition) is 5. The summed E-state index contributed by atoms with van der Waals surface area (Å²) in [7, 11) is -2.89. The van der Waals surface area contributed by atoms with E-state index in [1.807, 2.05) is 4.90 Å². The summed E-state index contributed by atoms with van der Waals surface area (Å²) < 4.78 is 22.3. The van der Waals surface area contributed by atoms with Gasteiger partial charge in [-0.3, -0.25) is 4.90 Å². The highest BCUT2D eigenvalue weighted by molar-refractivity contribution is 7.91. The highest BCUT2D eigenvalue weighted by Crippen LogP contribution is 2.10. The van der Waals surface area contributed by atoms with E-state index < -0.39 is 15.9 Å². The predicted molar refractivity (Wildman–Crippen MR) is 52.8 cm³/mol. The van der Waals surface area contributed by atoms with Crippen LogP contribution in [0.3, 0.4) is 0 Å². The Morgan fingerprint density at radius 3 is 2.21 bits per heavy atom. The lowest BCUT2D eigenvalue weighted by molar-refractivity contribution is 0.0296. The lowest BCUT2D eigenvalue weighted by atomic mass is 10.1. The van der Waals surface area contributed by atoms with Crippen LogP contribution in [0.15, 0.2) is 0 Å². The van der Waals surface area contributed by atoms with Crippen LogP contribution in [0.1, 0.15) is 6.92 Å². The van der Waals surface area contributed by atoms with Gasteiger partial charge in [-0.05, 0) is 6.92 Å². The van der Waals surface area contributed by atoms with Gasteiger partial charge in [-0.25, -0.2) is 8.42 Å². The van der Waals surface area contributed by atoms with E-state index in [4.69, 9.17) is 5.11 Å². The molecule has 1 heterocycles. The molecule has 84 valence electrons. The van der Waals surface area contributed by atoms with E-state index in [0.717, 1.165) is 0 Å². The monoisotopic (exact) mass is 223 g/mol. The summed E-state index contributed by atoms with van der Waals surface area (Å²) in [5.41, 5.74) is 0. The molecule has 0 aromatic heterocycles. The lowest BCUT2D eigenvalue weighted by Gasteiger charge is -2.34. The van der Waals surface area contributed by atoms with Crippen LogP contribution in [-0.2, 0) is 9.84 Å². The van der Waals surface area contributed by atoms with E-state index in [0.29, 0.717) is 13.1 Å². The van der Waals surface area contributed by atoms with E-state index >= 15 is 0 Å². The second-order valence-electron chi connectivity index (χ2n) is 3.68. The molecule has 1 rings (SSSR count). The Morgan fingerprint density at radius 2 is 1.86 bits per heavy atom. The fourth-order valence-corrected chi connectivity index (χ4v) is 2.86. The lowest BCUT2D eigenvalue weighted by Crippen LogP contribution is -2.51. The Kier molecular flexibility index (Phi) is 3.88. The third kappa shape index (κ3) is 2.91. The molecule has 0 amide bonds. The molecule has 2 N–H and O–H groups in total. The summed E-state index contributed by atoms with van der Waals surface area (Å²) in [4.78, 5) is 1.83. The van der Waals surface area contributed by atoms with E-state index in [2.05, 4.69) is 0 Å². The smallest absolute Gasteiger partial charge is 0.152 e. The molecule has 1 aliphatic heterocycles. The summed E-state index contributed by atoms with van der Waals surface area (Å²) in [6, 6.07) is -0.342. The van der Waals surface area contributed by atoms with Crippen molar-refractivity contribution >= 4 is 9.84 Å². The quantitative estimate of drug-likeness (QED) is 0.606. The van der Waals surface area contributed by atoms with Crippen LogP contribution in [0.4, 0.5) is 0 Å². The number of nitrogens with zero attached hydrogens (tertiary/aromatic N) is 1. The molecule has 1 saturated heterocycles. The fourth-order valence-electron chi connectivity index (χ4n) is 1.63. The third-order valence-electron chi connectivity index (χ3n) is 2.59. The topological polar surface area (TPSA) is 77.8 Å². The number of aliphatic hydroxyl groups excluding tert-OH is 2. The van der Waals surface area contributed by atoms with Crippen molar-refractivity contribution in [2.45, 2.75) is 19.1 Å². The minimum atomic E-state index is -2.89. The molecule has 0 bridgehead atoms. The molecule has 0 unspecified atom stereocenters. The second-order valence-corrected chi connectivity index (χ2v) is 5.98. The molecule has 0 aliphatic carbocycles. The van der Waals surface area contributed by atoms with Gasteiger partial charge >= 0.3 is 0 Å². The Balaban J connectivity index is 2.56. The zero-order valence-electron chi connectivity index (χ0n) is 8.26. The first kappa shape index (κ1) is 11.9.